The molecule has 1 fully saturated rings. The van der Waals surface area contributed by atoms with Crippen LogP contribution in [0.4, 0.5) is 4.39 Å². The highest BCUT2D eigenvalue weighted by Crippen LogP contribution is 2.23. The van der Waals surface area contributed by atoms with Crippen molar-refractivity contribution in [2.75, 3.05) is 6.54 Å². The molecule has 1 aromatic heterocycles. The fourth-order valence-corrected chi connectivity index (χ4v) is 1.96. The number of hydrogen-bond acceptors (Lipinski definition) is 4. The fraction of sp³-hybridized carbons (Fsp3) is 0.429. The highest BCUT2D eigenvalue weighted by Gasteiger charge is 2.20. The molecule has 1 N–H and O–H groups in total. The van der Waals surface area contributed by atoms with Crippen molar-refractivity contribution in [1.82, 2.24) is 15.5 Å². The third kappa shape index (κ3) is 2.98. The zero-order valence-electron chi connectivity index (χ0n) is 10.8. The summed E-state index contributed by atoms with van der Waals surface area (Å²) in [4.78, 5) is 0. The lowest BCUT2D eigenvalue weighted by molar-refractivity contribution is 0.493. The average Bonchev–Trinajstić information content (AvgIpc) is 3.10. The molecule has 0 bridgehead atoms. The molecule has 0 aliphatic heterocycles. The maximum Gasteiger partial charge on any atom is 0.248 e. The summed E-state index contributed by atoms with van der Waals surface area (Å²) in [6, 6.07) is 5.24. The molecule has 1 aromatic carbocycles. The molecule has 2 aromatic rings. The van der Waals surface area contributed by atoms with Gasteiger partial charge in [0.25, 0.3) is 0 Å². The Morgan fingerprint density at radius 2 is 2.21 bits per heavy atom. The third-order valence-electron chi connectivity index (χ3n) is 3.25. The minimum Gasteiger partial charge on any atom is -0.421 e. The Bertz CT molecular complexity index is 578. The predicted octanol–water partition coefficient (Wildman–Crippen LogP) is 2.48. The van der Waals surface area contributed by atoms with E-state index in [0.717, 1.165) is 12.1 Å². The number of aryl methyl sites for hydroxylation is 1. The van der Waals surface area contributed by atoms with Crippen molar-refractivity contribution in [3.8, 4) is 11.5 Å². The van der Waals surface area contributed by atoms with E-state index >= 15 is 0 Å². The third-order valence-corrected chi connectivity index (χ3v) is 3.25. The predicted molar refractivity (Wildman–Crippen MR) is 69.2 cm³/mol. The molecule has 1 heterocycles. The smallest absolute Gasteiger partial charge is 0.248 e. The molecule has 0 atom stereocenters. The lowest BCUT2D eigenvalue weighted by Gasteiger charge is -2.00. The van der Waals surface area contributed by atoms with E-state index in [2.05, 4.69) is 15.5 Å². The second-order valence-corrected chi connectivity index (χ2v) is 4.94. The van der Waals surface area contributed by atoms with Crippen LogP contribution in [-0.2, 0) is 6.42 Å². The summed E-state index contributed by atoms with van der Waals surface area (Å²) in [5, 5.41) is 11.4. The molecule has 0 radical (unpaired) electrons. The van der Waals surface area contributed by atoms with Gasteiger partial charge in [0, 0.05) is 24.6 Å². The van der Waals surface area contributed by atoms with E-state index in [9.17, 15) is 4.39 Å². The Kier molecular flexibility index (Phi) is 3.29. The first-order valence-electron chi connectivity index (χ1n) is 6.54. The van der Waals surface area contributed by atoms with Gasteiger partial charge in [0.05, 0.1) is 0 Å². The first-order valence-corrected chi connectivity index (χ1v) is 6.54. The Hall–Kier alpha value is -1.75. The van der Waals surface area contributed by atoms with Crippen molar-refractivity contribution < 1.29 is 8.81 Å². The van der Waals surface area contributed by atoms with E-state index in [1.807, 2.05) is 6.92 Å². The SMILES string of the molecule is Cc1ccc(F)cc1-c1nnc(CCNC2CC2)o1. The van der Waals surface area contributed by atoms with Crippen LogP contribution in [0, 0.1) is 12.7 Å². The average molecular weight is 261 g/mol. The van der Waals surface area contributed by atoms with E-state index < -0.39 is 0 Å². The number of rotatable bonds is 5. The molecule has 0 saturated heterocycles. The first-order chi connectivity index (χ1) is 9.22. The molecular weight excluding hydrogens is 245 g/mol. The zero-order valence-corrected chi connectivity index (χ0v) is 10.8. The molecule has 0 amide bonds. The molecule has 19 heavy (non-hydrogen) atoms. The summed E-state index contributed by atoms with van der Waals surface area (Å²) < 4.78 is 18.8. The van der Waals surface area contributed by atoms with Gasteiger partial charge < -0.3 is 9.73 Å². The van der Waals surface area contributed by atoms with Crippen molar-refractivity contribution in [3.63, 3.8) is 0 Å². The van der Waals surface area contributed by atoms with Gasteiger partial charge in [-0.15, -0.1) is 10.2 Å². The van der Waals surface area contributed by atoms with E-state index in [4.69, 9.17) is 4.42 Å². The molecule has 1 saturated carbocycles. The molecule has 0 spiro atoms. The molecule has 1 aliphatic rings. The second kappa shape index (κ2) is 5.09. The Morgan fingerprint density at radius 3 is 3.00 bits per heavy atom. The van der Waals surface area contributed by atoms with Crippen LogP contribution in [-0.4, -0.2) is 22.8 Å². The summed E-state index contributed by atoms with van der Waals surface area (Å²) in [6.45, 7) is 2.74. The number of halogens is 1. The molecular formula is C14H16FN3O. The summed E-state index contributed by atoms with van der Waals surface area (Å²) >= 11 is 0. The maximum absolute atomic E-state index is 13.2. The molecule has 4 nitrogen and oxygen atoms in total. The quantitative estimate of drug-likeness (QED) is 0.898. The normalized spacial score (nSPS) is 14.8. The van der Waals surface area contributed by atoms with E-state index in [1.165, 1.54) is 25.0 Å². The Morgan fingerprint density at radius 1 is 1.37 bits per heavy atom. The number of benzene rings is 1. The van der Waals surface area contributed by atoms with Crippen LogP contribution in [0.2, 0.25) is 0 Å². The van der Waals surface area contributed by atoms with Crippen LogP contribution in [0.3, 0.4) is 0 Å². The second-order valence-electron chi connectivity index (χ2n) is 4.94. The van der Waals surface area contributed by atoms with E-state index in [-0.39, 0.29) is 5.82 Å². The summed E-state index contributed by atoms with van der Waals surface area (Å²) in [5.74, 6) is 0.681. The maximum atomic E-state index is 13.2. The van der Waals surface area contributed by atoms with Crippen LogP contribution >= 0.6 is 0 Å². The Labute approximate surface area is 111 Å². The number of nitrogens with one attached hydrogen (secondary N) is 1. The lowest BCUT2D eigenvalue weighted by Crippen LogP contribution is -2.19. The number of nitrogens with zero attached hydrogens (tertiary/aromatic N) is 2. The summed E-state index contributed by atoms with van der Waals surface area (Å²) in [7, 11) is 0. The van der Waals surface area contributed by atoms with Crippen LogP contribution in [0.5, 0.6) is 0 Å². The number of hydrogen-bond donors (Lipinski definition) is 1. The van der Waals surface area contributed by atoms with Gasteiger partial charge in [-0.2, -0.15) is 0 Å². The van der Waals surface area contributed by atoms with Crippen LogP contribution in [0.1, 0.15) is 24.3 Å². The van der Waals surface area contributed by atoms with Crippen molar-refractivity contribution >= 4 is 0 Å². The van der Waals surface area contributed by atoms with E-state index in [0.29, 0.717) is 29.8 Å². The summed E-state index contributed by atoms with van der Waals surface area (Å²) in [6.07, 6.45) is 3.23. The van der Waals surface area contributed by atoms with Gasteiger partial charge in [-0.25, -0.2) is 4.39 Å². The van der Waals surface area contributed by atoms with Gasteiger partial charge in [-0.05, 0) is 37.5 Å². The highest BCUT2D eigenvalue weighted by molar-refractivity contribution is 5.57. The van der Waals surface area contributed by atoms with Gasteiger partial charge in [0.15, 0.2) is 0 Å². The minimum absolute atomic E-state index is 0.296. The van der Waals surface area contributed by atoms with Crippen LogP contribution in [0.25, 0.3) is 11.5 Å². The topological polar surface area (TPSA) is 51.0 Å². The monoisotopic (exact) mass is 261 g/mol. The van der Waals surface area contributed by atoms with Crippen molar-refractivity contribution in [2.45, 2.75) is 32.2 Å². The van der Waals surface area contributed by atoms with Crippen molar-refractivity contribution in [1.29, 1.82) is 0 Å². The van der Waals surface area contributed by atoms with Gasteiger partial charge in [-0.1, -0.05) is 6.07 Å². The van der Waals surface area contributed by atoms with Gasteiger partial charge >= 0.3 is 0 Å². The first kappa shape index (κ1) is 12.3. The highest BCUT2D eigenvalue weighted by atomic mass is 19.1. The Balaban J connectivity index is 1.70. The van der Waals surface area contributed by atoms with Crippen molar-refractivity contribution in [2.24, 2.45) is 0 Å². The van der Waals surface area contributed by atoms with E-state index in [1.54, 1.807) is 6.07 Å². The molecule has 0 unspecified atom stereocenters. The molecule has 100 valence electrons. The van der Waals surface area contributed by atoms with Crippen LogP contribution < -0.4 is 5.32 Å². The molecule has 5 heteroatoms. The molecule has 3 rings (SSSR count). The zero-order chi connectivity index (χ0) is 13.2. The fourth-order valence-electron chi connectivity index (χ4n) is 1.96. The summed E-state index contributed by atoms with van der Waals surface area (Å²) in [5.41, 5.74) is 1.58. The van der Waals surface area contributed by atoms with Gasteiger partial charge in [0.2, 0.25) is 11.8 Å². The minimum atomic E-state index is -0.296. The van der Waals surface area contributed by atoms with Crippen LogP contribution in [0.15, 0.2) is 22.6 Å². The van der Waals surface area contributed by atoms with Gasteiger partial charge in [-0.3, -0.25) is 0 Å². The largest absolute Gasteiger partial charge is 0.421 e. The standard InChI is InChI=1S/C14H16FN3O/c1-9-2-3-10(15)8-12(9)14-18-17-13(19-14)6-7-16-11-4-5-11/h2-3,8,11,16H,4-7H2,1H3. The van der Waals surface area contributed by atoms with Gasteiger partial charge in [0.1, 0.15) is 5.82 Å². The van der Waals surface area contributed by atoms with Crippen molar-refractivity contribution in [3.05, 3.63) is 35.5 Å². The molecule has 1 aliphatic carbocycles. The lowest BCUT2D eigenvalue weighted by atomic mass is 10.1. The number of aromatic nitrogens is 2.